The Bertz CT molecular complexity index is 79.3. The quantitative estimate of drug-likeness (QED) is 0.358. The van der Waals surface area contributed by atoms with Gasteiger partial charge in [0.1, 0.15) is 6.29 Å². The SMILES string of the molecule is CCC(CS)CCCC=O. The van der Waals surface area contributed by atoms with E-state index in [1.807, 2.05) is 0 Å². The van der Waals surface area contributed by atoms with Crippen molar-refractivity contribution in [3.05, 3.63) is 0 Å². The van der Waals surface area contributed by atoms with Gasteiger partial charge < -0.3 is 4.79 Å². The molecule has 0 aromatic heterocycles. The molecule has 60 valence electrons. The van der Waals surface area contributed by atoms with Crippen LogP contribution in [0, 0.1) is 5.92 Å². The molecular formula is C8H16OS. The van der Waals surface area contributed by atoms with Gasteiger partial charge in [0.05, 0.1) is 0 Å². The van der Waals surface area contributed by atoms with Crippen LogP contribution in [0.1, 0.15) is 32.6 Å². The highest BCUT2D eigenvalue weighted by molar-refractivity contribution is 7.80. The monoisotopic (exact) mass is 160 g/mol. The lowest BCUT2D eigenvalue weighted by Gasteiger charge is -2.08. The average molecular weight is 160 g/mol. The van der Waals surface area contributed by atoms with Crippen LogP contribution in [0.2, 0.25) is 0 Å². The summed E-state index contributed by atoms with van der Waals surface area (Å²) >= 11 is 4.21. The molecule has 0 aliphatic carbocycles. The van der Waals surface area contributed by atoms with Crippen molar-refractivity contribution in [2.24, 2.45) is 5.92 Å². The Labute approximate surface area is 68.6 Å². The predicted octanol–water partition coefficient (Wildman–Crippen LogP) is 2.31. The molecule has 0 N–H and O–H groups in total. The van der Waals surface area contributed by atoms with Gasteiger partial charge in [0, 0.05) is 6.42 Å². The molecule has 0 spiro atoms. The molecule has 1 nitrogen and oxygen atoms in total. The molecule has 0 aliphatic heterocycles. The van der Waals surface area contributed by atoms with Crippen LogP contribution < -0.4 is 0 Å². The van der Waals surface area contributed by atoms with E-state index in [4.69, 9.17) is 0 Å². The number of aldehydes is 1. The minimum Gasteiger partial charge on any atom is -0.303 e. The first-order valence-corrected chi connectivity index (χ1v) is 4.52. The lowest BCUT2D eigenvalue weighted by molar-refractivity contribution is -0.107. The summed E-state index contributed by atoms with van der Waals surface area (Å²) in [4.78, 5) is 9.94. The first-order valence-electron chi connectivity index (χ1n) is 3.89. The number of carbonyl (C=O) groups excluding carboxylic acids is 1. The molecule has 0 saturated heterocycles. The van der Waals surface area contributed by atoms with Crippen molar-refractivity contribution in [2.45, 2.75) is 32.6 Å². The fourth-order valence-corrected chi connectivity index (χ4v) is 1.36. The maximum absolute atomic E-state index is 9.94. The normalized spacial score (nSPS) is 13.0. The first-order chi connectivity index (χ1) is 4.85. The van der Waals surface area contributed by atoms with Gasteiger partial charge in [0.25, 0.3) is 0 Å². The van der Waals surface area contributed by atoms with Gasteiger partial charge in [-0.25, -0.2) is 0 Å². The molecular weight excluding hydrogens is 144 g/mol. The fourth-order valence-electron chi connectivity index (χ4n) is 0.914. The molecule has 0 aromatic carbocycles. The van der Waals surface area contributed by atoms with Gasteiger partial charge >= 0.3 is 0 Å². The third kappa shape index (κ3) is 4.86. The van der Waals surface area contributed by atoms with E-state index in [2.05, 4.69) is 19.6 Å². The van der Waals surface area contributed by atoms with E-state index in [0.717, 1.165) is 24.9 Å². The standard InChI is InChI=1S/C8H16OS/c1-2-8(7-10)5-3-4-6-9/h6,8,10H,2-5,7H2,1H3. The van der Waals surface area contributed by atoms with Crippen LogP contribution in [0.25, 0.3) is 0 Å². The van der Waals surface area contributed by atoms with E-state index in [1.165, 1.54) is 6.42 Å². The van der Waals surface area contributed by atoms with Crippen LogP contribution in [0.4, 0.5) is 0 Å². The summed E-state index contributed by atoms with van der Waals surface area (Å²) in [6, 6.07) is 0. The van der Waals surface area contributed by atoms with Crippen LogP contribution in [0.3, 0.4) is 0 Å². The molecule has 0 fully saturated rings. The van der Waals surface area contributed by atoms with Gasteiger partial charge in [-0.05, 0) is 24.5 Å². The molecule has 1 unspecified atom stereocenters. The van der Waals surface area contributed by atoms with Crippen molar-refractivity contribution in [2.75, 3.05) is 5.75 Å². The summed E-state index contributed by atoms with van der Waals surface area (Å²) in [5.74, 6) is 1.67. The van der Waals surface area contributed by atoms with Crippen LogP contribution >= 0.6 is 12.6 Å². The maximum Gasteiger partial charge on any atom is 0.119 e. The molecule has 0 rings (SSSR count). The van der Waals surface area contributed by atoms with Crippen LogP contribution in [-0.4, -0.2) is 12.0 Å². The third-order valence-electron chi connectivity index (χ3n) is 1.77. The van der Waals surface area contributed by atoms with Gasteiger partial charge in [0.15, 0.2) is 0 Å². The molecule has 10 heavy (non-hydrogen) atoms. The van der Waals surface area contributed by atoms with Crippen LogP contribution in [0.15, 0.2) is 0 Å². The molecule has 0 amide bonds. The summed E-state index contributed by atoms with van der Waals surface area (Å²) in [6.45, 7) is 2.17. The van der Waals surface area contributed by atoms with Crippen molar-refractivity contribution >= 4 is 18.9 Å². The number of carbonyl (C=O) groups is 1. The second-order valence-corrected chi connectivity index (χ2v) is 2.92. The number of hydrogen-bond acceptors (Lipinski definition) is 2. The third-order valence-corrected chi connectivity index (χ3v) is 2.29. The van der Waals surface area contributed by atoms with E-state index in [1.54, 1.807) is 0 Å². The number of unbranched alkanes of at least 4 members (excludes halogenated alkanes) is 1. The highest BCUT2D eigenvalue weighted by Crippen LogP contribution is 2.12. The zero-order valence-corrected chi connectivity index (χ0v) is 7.44. The minimum absolute atomic E-state index is 0.711. The Kier molecular flexibility index (Phi) is 7.15. The molecule has 0 aliphatic rings. The Hall–Kier alpha value is 0.0200. The number of rotatable bonds is 6. The van der Waals surface area contributed by atoms with Gasteiger partial charge in [-0.2, -0.15) is 12.6 Å². The molecule has 0 aromatic rings. The second kappa shape index (κ2) is 7.13. The summed E-state index contributed by atoms with van der Waals surface area (Å²) in [7, 11) is 0. The summed E-state index contributed by atoms with van der Waals surface area (Å²) in [6.07, 6.45) is 5.07. The zero-order valence-electron chi connectivity index (χ0n) is 6.55. The van der Waals surface area contributed by atoms with E-state index in [9.17, 15) is 4.79 Å². The molecule has 2 heteroatoms. The highest BCUT2D eigenvalue weighted by Gasteiger charge is 2.01. The van der Waals surface area contributed by atoms with Crippen molar-refractivity contribution in [3.8, 4) is 0 Å². The Morgan fingerprint density at radius 3 is 2.70 bits per heavy atom. The topological polar surface area (TPSA) is 17.1 Å². The van der Waals surface area contributed by atoms with Crippen molar-refractivity contribution < 1.29 is 4.79 Å². The lowest BCUT2D eigenvalue weighted by atomic mass is 10.0. The number of thiol groups is 1. The Morgan fingerprint density at radius 2 is 2.30 bits per heavy atom. The van der Waals surface area contributed by atoms with E-state index < -0.39 is 0 Å². The zero-order chi connectivity index (χ0) is 7.82. The summed E-state index contributed by atoms with van der Waals surface area (Å²) in [5.41, 5.74) is 0. The van der Waals surface area contributed by atoms with Gasteiger partial charge in [-0.1, -0.05) is 13.3 Å². The molecule has 0 saturated carbocycles. The van der Waals surface area contributed by atoms with Crippen molar-refractivity contribution in [1.29, 1.82) is 0 Å². The molecule has 1 atom stereocenters. The average Bonchev–Trinajstić information content (AvgIpc) is 1.99. The Balaban J connectivity index is 3.16. The van der Waals surface area contributed by atoms with Crippen molar-refractivity contribution in [1.82, 2.24) is 0 Å². The van der Waals surface area contributed by atoms with Gasteiger partial charge in [0.2, 0.25) is 0 Å². The second-order valence-electron chi connectivity index (χ2n) is 2.55. The van der Waals surface area contributed by atoms with Crippen molar-refractivity contribution in [3.63, 3.8) is 0 Å². The smallest absolute Gasteiger partial charge is 0.119 e. The van der Waals surface area contributed by atoms with Crippen LogP contribution in [0.5, 0.6) is 0 Å². The minimum atomic E-state index is 0.711. The molecule has 0 heterocycles. The van der Waals surface area contributed by atoms with Gasteiger partial charge in [-0.3, -0.25) is 0 Å². The summed E-state index contributed by atoms with van der Waals surface area (Å²) < 4.78 is 0. The number of hydrogen-bond donors (Lipinski definition) is 1. The van der Waals surface area contributed by atoms with E-state index in [-0.39, 0.29) is 0 Å². The molecule has 0 radical (unpaired) electrons. The van der Waals surface area contributed by atoms with Gasteiger partial charge in [-0.15, -0.1) is 0 Å². The predicted molar refractivity (Wildman–Crippen MR) is 47.5 cm³/mol. The first kappa shape index (κ1) is 10.0. The summed E-state index contributed by atoms with van der Waals surface area (Å²) in [5, 5.41) is 0. The van der Waals surface area contributed by atoms with Crippen LogP contribution in [-0.2, 0) is 4.79 Å². The fraction of sp³-hybridized carbons (Fsp3) is 0.875. The Morgan fingerprint density at radius 1 is 1.60 bits per heavy atom. The highest BCUT2D eigenvalue weighted by atomic mass is 32.1. The largest absolute Gasteiger partial charge is 0.303 e. The lowest BCUT2D eigenvalue weighted by Crippen LogP contribution is -1.99. The maximum atomic E-state index is 9.94. The van der Waals surface area contributed by atoms with E-state index >= 15 is 0 Å². The van der Waals surface area contributed by atoms with E-state index in [0.29, 0.717) is 12.3 Å². The molecule has 0 bridgehead atoms.